The zero-order valence-corrected chi connectivity index (χ0v) is 11.9. The third kappa shape index (κ3) is 2.40. The van der Waals surface area contributed by atoms with Gasteiger partial charge in [-0.25, -0.2) is 9.67 Å². The molecule has 0 spiro atoms. The average molecular weight is 235 g/mol. The second-order valence-electron chi connectivity index (χ2n) is 4.97. The van der Waals surface area contributed by atoms with E-state index in [1.807, 2.05) is 18.5 Å². The molecule has 88 valence electrons. The molecule has 0 fully saturated rings. The topological polar surface area (TPSA) is 30.7 Å². The molecule has 0 aliphatic carbocycles. The summed E-state index contributed by atoms with van der Waals surface area (Å²) < 4.78 is 1.92. The molecule has 0 radical (unpaired) electrons. The smallest absolute Gasteiger partial charge is 0.148 e. The van der Waals surface area contributed by atoms with Crippen LogP contribution >= 0.6 is 0 Å². The van der Waals surface area contributed by atoms with E-state index in [4.69, 9.17) is 0 Å². The predicted molar refractivity (Wildman–Crippen MR) is 85.2 cm³/mol. The molecule has 0 N–H and O–H groups in total. The summed E-state index contributed by atoms with van der Waals surface area (Å²) in [7, 11) is 5.65. The molecule has 0 bridgehead atoms. The van der Waals surface area contributed by atoms with Crippen LogP contribution in [0, 0.1) is 20.8 Å². The van der Waals surface area contributed by atoms with Crippen LogP contribution in [-0.2, 0) is 0 Å². The van der Waals surface area contributed by atoms with Gasteiger partial charge in [-0.05, 0) is 32.4 Å². The molecule has 0 unspecified atom stereocenters. The van der Waals surface area contributed by atoms with Gasteiger partial charge in [-0.15, -0.1) is 0 Å². The molecular weight excluding hydrogens is 217 g/mol. The maximum absolute atomic E-state index is 4.44. The highest BCUT2D eigenvalue weighted by Crippen LogP contribution is 2.13. The molecule has 3 nitrogen and oxygen atoms in total. The first-order valence-corrected chi connectivity index (χ1v) is 6.54. The molecule has 2 rings (SSSR count). The van der Waals surface area contributed by atoms with Gasteiger partial charge in [0.25, 0.3) is 0 Å². The minimum Gasteiger partial charge on any atom is -0.218 e. The second kappa shape index (κ2) is 5.09. The van der Waals surface area contributed by atoms with E-state index in [0.29, 0.717) is 6.49 Å². The molecule has 7 heteroatoms. The van der Waals surface area contributed by atoms with Gasteiger partial charge in [-0.1, -0.05) is 17.6 Å². The summed E-state index contributed by atoms with van der Waals surface area (Å²) in [5.41, 5.74) is 3.77. The minimum atomic E-state index is 0.608. The fourth-order valence-electron chi connectivity index (χ4n) is 2.21. The van der Waals surface area contributed by atoms with E-state index in [2.05, 4.69) is 50.7 Å². The lowest BCUT2D eigenvalue weighted by molar-refractivity contribution is 0.825. The Labute approximate surface area is 111 Å². The van der Waals surface area contributed by atoms with Gasteiger partial charge in [-0.3, -0.25) is 0 Å². The summed E-state index contributed by atoms with van der Waals surface area (Å²) in [6, 6.07) is 6.62. The van der Waals surface area contributed by atoms with Crippen LogP contribution in [0.1, 0.15) is 17.2 Å². The fraction of sp³-hybridized carbons (Fsp3) is 0.273. The molecule has 1 heterocycles. The van der Waals surface area contributed by atoms with Crippen LogP contribution in [0.2, 0.25) is 0 Å². The van der Waals surface area contributed by atoms with Gasteiger partial charge < -0.3 is 0 Å². The molecule has 0 saturated heterocycles. The molecule has 1 aromatic carbocycles. The van der Waals surface area contributed by atoms with Crippen molar-refractivity contribution in [2.45, 2.75) is 20.8 Å². The van der Waals surface area contributed by atoms with Gasteiger partial charge in [0.2, 0.25) is 0 Å². The molecule has 0 aliphatic heterocycles. The molecule has 2 aromatic rings. The van der Waals surface area contributed by atoms with Crippen molar-refractivity contribution in [1.82, 2.24) is 14.8 Å². The van der Waals surface area contributed by atoms with Gasteiger partial charge in [0.15, 0.2) is 0 Å². The van der Waals surface area contributed by atoms with Crippen molar-refractivity contribution in [2.24, 2.45) is 0 Å². The molecule has 0 atom stereocenters. The van der Waals surface area contributed by atoms with Crippen molar-refractivity contribution in [3.05, 3.63) is 35.4 Å². The van der Waals surface area contributed by atoms with E-state index in [9.17, 15) is 0 Å². The first-order valence-electron chi connectivity index (χ1n) is 6.54. The zero-order chi connectivity index (χ0) is 13.3. The quantitative estimate of drug-likeness (QED) is 0.606. The summed E-state index contributed by atoms with van der Waals surface area (Å²) in [4.78, 5) is 4.35. The lowest BCUT2D eigenvalue weighted by Gasteiger charge is -2.11. The summed E-state index contributed by atoms with van der Waals surface area (Å²) in [5, 5.41) is 4.44. The normalized spacial score (nSPS) is 10.4. The Bertz CT molecular complexity index is 567. The van der Waals surface area contributed by atoms with E-state index in [1.165, 1.54) is 18.1 Å². The van der Waals surface area contributed by atoms with Crippen LogP contribution in [0.5, 0.6) is 0 Å². The van der Waals surface area contributed by atoms with E-state index < -0.39 is 0 Å². The SMILES string of the molecule is BBB(B)c1ccc(-n2nc(C)nc2C)c(C)c1. The molecule has 1 aromatic heterocycles. The average Bonchev–Trinajstić information content (AvgIpc) is 2.67. The second-order valence-corrected chi connectivity index (χ2v) is 4.97. The highest BCUT2D eigenvalue weighted by atomic mass is 15.3. The number of aryl methyl sites for hydroxylation is 3. The molecule has 0 saturated carbocycles. The van der Waals surface area contributed by atoms with Gasteiger partial charge in [0.1, 0.15) is 11.6 Å². The number of benzene rings is 1. The van der Waals surface area contributed by atoms with E-state index in [1.54, 1.807) is 0 Å². The third-order valence-corrected chi connectivity index (χ3v) is 3.51. The highest BCUT2D eigenvalue weighted by molar-refractivity contribution is 7.50. The Kier molecular flexibility index (Phi) is 3.69. The summed E-state index contributed by atoms with van der Waals surface area (Å²) in [5.74, 6) is 1.75. The van der Waals surface area contributed by atoms with Gasteiger partial charge in [0.05, 0.1) is 34.7 Å². The van der Waals surface area contributed by atoms with Crippen molar-refractivity contribution in [3.8, 4) is 5.69 Å². The Balaban J connectivity index is 2.44. The van der Waals surface area contributed by atoms with Crippen molar-refractivity contribution >= 4 is 34.5 Å². The lowest BCUT2D eigenvalue weighted by atomic mass is 9.03. The summed E-state index contributed by atoms with van der Waals surface area (Å²) in [6.07, 6.45) is 0. The monoisotopic (exact) mass is 235 g/mol. The number of nitrogens with zero attached hydrogens (tertiary/aromatic N) is 3. The van der Waals surface area contributed by atoms with Crippen LogP contribution in [0.25, 0.3) is 5.69 Å². The third-order valence-electron chi connectivity index (χ3n) is 3.51. The largest absolute Gasteiger partial charge is 0.218 e. The Morgan fingerprint density at radius 2 is 2.00 bits per heavy atom. The maximum Gasteiger partial charge on any atom is 0.148 e. The van der Waals surface area contributed by atoms with Crippen LogP contribution < -0.4 is 5.46 Å². The number of hydrogen-bond donors (Lipinski definition) is 0. The van der Waals surface area contributed by atoms with Gasteiger partial charge in [-0.2, -0.15) is 5.10 Å². The standard InChI is InChI=1S/C11H17B4N3/c1-7-6-10(15(13)14-12)4-5-11(7)18-9(3)16-8(2)17-18/h4-6,14H,12-13H2,1-3H3. The Hall–Kier alpha value is -1.38. The lowest BCUT2D eigenvalue weighted by Crippen LogP contribution is -2.38. The summed E-state index contributed by atoms with van der Waals surface area (Å²) >= 11 is 0. The number of aromatic nitrogens is 3. The maximum atomic E-state index is 4.44. The molecular formula is C11H17B4N3. The van der Waals surface area contributed by atoms with Crippen LogP contribution in [0.3, 0.4) is 0 Å². The number of rotatable bonds is 3. The number of hydrogen-bond acceptors (Lipinski definition) is 2. The van der Waals surface area contributed by atoms with Crippen LogP contribution in [-0.4, -0.2) is 43.8 Å². The van der Waals surface area contributed by atoms with Crippen molar-refractivity contribution in [1.29, 1.82) is 0 Å². The van der Waals surface area contributed by atoms with Crippen molar-refractivity contribution < 1.29 is 0 Å². The molecule has 0 aliphatic rings. The summed E-state index contributed by atoms with van der Waals surface area (Å²) in [6.45, 7) is 6.66. The van der Waals surface area contributed by atoms with Crippen molar-refractivity contribution in [2.75, 3.05) is 0 Å². The molecule has 18 heavy (non-hydrogen) atoms. The first kappa shape index (κ1) is 13.1. The van der Waals surface area contributed by atoms with Crippen molar-refractivity contribution in [3.63, 3.8) is 0 Å². The molecule has 0 amide bonds. The first-order chi connectivity index (χ1) is 8.52. The van der Waals surface area contributed by atoms with E-state index >= 15 is 0 Å². The van der Waals surface area contributed by atoms with Crippen LogP contribution in [0.15, 0.2) is 18.2 Å². The van der Waals surface area contributed by atoms with Gasteiger partial charge >= 0.3 is 0 Å². The predicted octanol–water partition coefficient (Wildman–Crippen LogP) is -1.49. The van der Waals surface area contributed by atoms with Gasteiger partial charge in [0, 0.05) is 0 Å². The van der Waals surface area contributed by atoms with Crippen LogP contribution in [0.4, 0.5) is 0 Å². The Morgan fingerprint density at radius 1 is 1.28 bits per heavy atom. The highest BCUT2D eigenvalue weighted by Gasteiger charge is 2.11. The van der Waals surface area contributed by atoms with E-state index in [0.717, 1.165) is 17.3 Å². The Morgan fingerprint density at radius 3 is 2.50 bits per heavy atom. The minimum absolute atomic E-state index is 0.608. The zero-order valence-electron chi connectivity index (χ0n) is 11.9. The van der Waals surface area contributed by atoms with E-state index in [-0.39, 0.29) is 0 Å². The fourth-order valence-corrected chi connectivity index (χ4v) is 2.21.